The summed E-state index contributed by atoms with van der Waals surface area (Å²) in [4.78, 5) is 41.4. The number of carbonyl (C=O) groups is 3. The van der Waals surface area contributed by atoms with E-state index in [-0.39, 0.29) is 24.3 Å². The van der Waals surface area contributed by atoms with Crippen LogP contribution in [-0.4, -0.2) is 41.8 Å². The summed E-state index contributed by atoms with van der Waals surface area (Å²) < 4.78 is 28.5. The van der Waals surface area contributed by atoms with E-state index in [1.54, 1.807) is 26.1 Å². The fraction of sp³-hybridized carbons (Fsp3) is 0.423. The number of carbonyl (C=O) groups excluding carboxylic acids is 3. The van der Waals surface area contributed by atoms with E-state index in [0.29, 0.717) is 5.56 Å². The molecule has 1 fully saturated rings. The molecule has 2 aliphatic rings. The van der Waals surface area contributed by atoms with E-state index in [9.17, 15) is 23.2 Å². The number of benzene rings is 2. The van der Waals surface area contributed by atoms with Crippen LogP contribution in [0.3, 0.4) is 0 Å². The minimum atomic E-state index is -1.08. The maximum absolute atomic E-state index is 14.2. The molecule has 4 rings (SSSR count). The van der Waals surface area contributed by atoms with E-state index >= 15 is 0 Å². The van der Waals surface area contributed by atoms with Crippen LogP contribution in [-0.2, 0) is 20.9 Å². The summed E-state index contributed by atoms with van der Waals surface area (Å²) in [7, 11) is 1.66. The maximum Gasteiger partial charge on any atom is 0.252 e. The molecule has 1 aliphatic carbocycles. The lowest BCUT2D eigenvalue weighted by molar-refractivity contribution is -0.143. The van der Waals surface area contributed by atoms with Crippen molar-refractivity contribution < 1.29 is 23.2 Å². The lowest BCUT2D eigenvalue weighted by Crippen LogP contribution is -2.55. The number of para-hydroxylation sites is 1. The minimum absolute atomic E-state index is 0.0491. The van der Waals surface area contributed by atoms with E-state index in [2.05, 4.69) is 16.0 Å². The van der Waals surface area contributed by atoms with Gasteiger partial charge in [0.25, 0.3) is 5.91 Å². The fourth-order valence-electron chi connectivity index (χ4n) is 4.94. The molecule has 0 bridgehead atoms. The molecule has 186 valence electrons. The van der Waals surface area contributed by atoms with Gasteiger partial charge in [0.05, 0.1) is 6.04 Å². The van der Waals surface area contributed by atoms with Crippen LogP contribution in [0.25, 0.3) is 0 Å². The summed E-state index contributed by atoms with van der Waals surface area (Å²) in [6, 6.07) is 8.06. The number of hydrogen-bond donors (Lipinski definition) is 3. The van der Waals surface area contributed by atoms with Gasteiger partial charge in [0.2, 0.25) is 11.8 Å². The standard InChI is InChI=1S/C26H30F2N4O3/c1-15(29-2)24(33)30-21(16-8-3-4-9-16)26(35)32-14-17-10-5-6-11-18(17)23(32)25(34)31-22-19(27)12-7-13-20(22)28/h5-7,10-13,15-16,21,23,29H,3-4,8-9,14H2,1-2H3,(H,30,33)(H,31,34)/t15?,21?,23-/m0/s1. The van der Waals surface area contributed by atoms with Crippen LogP contribution in [0.1, 0.15) is 49.8 Å². The van der Waals surface area contributed by atoms with Gasteiger partial charge >= 0.3 is 0 Å². The van der Waals surface area contributed by atoms with E-state index in [0.717, 1.165) is 43.4 Å². The van der Waals surface area contributed by atoms with Crippen molar-refractivity contribution >= 4 is 23.4 Å². The monoisotopic (exact) mass is 484 g/mol. The fourth-order valence-corrected chi connectivity index (χ4v) is 4.94. The SMILES string of the molecule is CNC(C)C(=O)NC(C(=O)N1Cc2ccccc2[C@H]1C(=O)Nc1c(F)cccc1F)C1CCCC1. The molecule has 3 amide bonds. The third-order valence-electron chi connectivity index (χ3n) is 7.01. The van der Waals surface area contributed by atoms with Gasteiger partial charge in [-0.15, -0.1) is 0 Å². The van der Waals surface area contributed by atoms with E-state index < -0.39 is 41.4 Å². The predicted molar refractivity (Wildman–Crippen MR) is 127 cm³/mol. The highest BCUT2D eigenvalue weighted by Crippen LogP contribution is 2.37. The zero-order valence-corrected chi connectivity index (χ0v) is 19.8. The Morgan fingerprint density at radius 3 is 2.31 bits per heavy atom. The molecule has 35 heavy (non-hydrogen) atoms. The van der Waals surface area contributed by atoms with Crippen molar-refractivity contribution in [1.82, 2.24) is 15.5 Å². The molecule has 1 aliphatic heterocycles. The van der Waals surface area contributed by atoms with Crippen LogP contribution >= 0.6 is 0 Å². The Morgan fingerprint density at radius 1 is 1.00 bits per heavy atom. The summed E-state index contributed by atoms with van der Waals surface area (Å²) in [5.74, 6) is -3.25. The van der Waals surface area contributed by atoms with Crippen LogP contribution in [0, 0.1) is 17.6 Å². The number of nitrogens with one attached hydrogen (secondary N) is 3. The minimum Gasteiger partial charge on any atom is -0.343 e. The first kappa shape index (κ1) is 24.8. The molecule has 9 heteroatoms. The van der Waals surface area contributed by atoms with Crippen LogP contribution < -0.4 is 16.0 Å². The number of fused-ring (bicyclic) bond motifs is 1. The van der Waals surface area contributed by atoms with Crippen molar-refractivity contribution in [1.29, 1.82) is 0 Å². The molecule has 7 nitrogen and oxygen atoms in total. The highest BCUT2D eigenvalue weighted by molar-refractivity contribution is 6.00. The van der Waals surface area contributed by atoms with Gasteiger partial charge in [-0.05, 0) is 56.0 Å². The summed E-state index contributed by atoms with van der Waals surface area (Å²) in [6.45, 7) is 1.87. The van der Waals surface area contributed by atoms with Crippen molar-refractivity contribution in [3.8, 4) is 0 Å². The zero-order chi connectivity index (χ0) is 25.1. The second-order valence-electron chi connectivity index (χ2n) is 9.19. The number of nitrogens with zero attached hydrogens (tertiary/aromatic N) is 1. The highest BCUT2D eigenvalue weighted by atomic mass is 19.1. The lowest BCUT2D eigenvalue weighted by atomic mass is 9.95. The Balaban J connectivity index is 1.65. The number of likely N-dealkylation sites (N-methyl/N-ethyl adjacent to an activating group) is 1. The van der Waals surface area contributed by atoms with Crippen LogP contribution in [0.2, 0.25) is 0 Å². The average molecular weight is 485 g/mol. The number of anilines is 1. The molecule has 0 saturated heterocycles. The summed E-state index contributed by atoms with van der Waals surface area (Å²) in [6.07, 6.45) is 3.51. The topological polar surface area (TPSA) is 90.5 Å². The molecule has 0 spiro atoms. The van der Waals surface area contributed by atoms with Crippen LogP contribution in [0.4, 0.5) is 14.5 Å². The molecular weight excluding hydrogens is 454 g/mol. The van der Waals surface area contributed by atoms with Crippen LogP contribution in [0.15, 0.2) is 42.5 Å². The van der Waals surface area contributed by atoms with Crippen molar-refractivity contribution in [2.24, 2.45) is 5.92 Å². The quantitative estimate of drug-likeness (QED) is 0.563. The second kappa shape index (κ2) is 10.5. The Labute approximate surface area is 203 Å². The zero-order valence-electron chi connectivity index (χ0n) is 19.8. The Bertz CT molecular complexity index is 1100. The number of halogens is 2. The predicted octanol–water partition coefficient (Wildman–Crippen LogP) is 3.27. The van der Waals surface area contributed by atoms with Gasteiger partial charge in [-0.25, -0.2) is 8.78 Å². The average Bonchev–Trinajstić information content (AvgIpc) is 3.52. The van der Waals surface area contributed by atoms with Crippen molar-refractivity contribution in [2.75, 3.05) is 12.4 Å². The van der Waals surface area contributed by atoms with Crippen molar-refractivity contribution in [2.45, 2.75) is 57.3 Å². The van der Waals surface area contributed by atoms with Gasteiger partial charge in [0, 0.05) is 6.54 Å². The van der Waals surface area contributed by atoms with Gasteiger partial charge in [-0.2, -0.15) is 0 Å². The van der Waals surface area contributed by atoms with E-state index in [1.165, 1.54) is 11.0 Å². The van der Waals surface area contributed by atoms with Gasteiger partial charge in [0.15, 0.2) is 0 Å². The van der Waals surface area contributed by atoms with Gasteiger partial charge in [0.1, 0.15) is 29.4 Å². The molecule has 1 saturated carbocycles. The Morgan fingerprint density at radius 2 is 1.66 bits per heavy atom. The first-order valence-corrected chi connectivity index (χ1v) is 11.9. The third-order valence-corrected chi connectivity index (χ3v) is 7.01. The molecule has 2 aromatic rings. The van der Waals surface area contributed by atoms with Crippen molar-refractivity contribution in [3.63, 3.8) is 0 Å². The summed E-state index contributed by atoms with van der Waals surface area (Å²) in [5, 5.41) is 8.11. The normalized spacial score (nSPS) is 19.2. The molecule has 3 N–H and O–H groups in total. The van der Waals surface area contributed by atoms with Crippen molar-refractivity contribution in [3.05, 3.63) is 65.2 Å². The summed E-state index contributed by atoms with van der Waals surface area (Å²) in [5.41, 5.74) is 0.808. The van der Waals surface area contributed by atoms with Crippen LogP contribution in [0.5, 0.6) is 0 Å². The first-order chi connectivity index (χ1) is 16.8. The Hall–Kier alpha value is -3.33. The van der Waals surface area contributed by atoms with Gasteiger partial charge in [-0.1, -0.05) is 43.2 Å². The molecular formula is C26H30F2N4O3. The van der Waals surface area contributed by atoms with Gasteiger partial charge < -0.3 is 20.9 Å². The van der Waals surface area contributed by atoms with Gasteiger partial charge in [-0.3, -0.25) is 14.4 Å². The lowest BCUT2D eigenvalue weighted by Gasteiger charge is -2.32. The molecule has 3 atom stereocenters. The molecule has 2 unspecified atom stereocenters. The number of rotatable bonds is 7. The highest BCUT2D eigenvalue weighted by Gasteiger charge is 2.44. The number of amides is 3. The van der Waals surface area contributed by atoms with E-state index in [1.807, 2.05) is 12.1 Å². The first-order valence-electron chi connectivity index (χ1n) is 11.9. The Kier molecular flexibility index (Phi) is 7.45. The smallest absolute Gasteiger partial charge is 0.252 e. The molecule has 1 heterocycles. The molecule has 2 aromatic carbocycles. The summed E-state index contributed by atoms with van der Waals surface area (Å²) >= 11 is 0. The molecule has 0 aromatic heterocycles. The second-order valence-corrected chi connectivity index (χ2v) is 9.19. The van der Waals surface area contributed by atoms with E-state index in [4.69, 9.17) is 0 Å². The largest absolute Gasteiger partial charge is 0.343 e. The maximum atomic E-state index is 14.2. The molecule has 0 radical (unpaired) electrons. The third kappa shape index (κ3) is 5.05. The number of hydrogen-bond acceptors (Lipinski definition) is 4.